The van der Waals surface area contributed by atoms with E-state index in [1.807, 2.05) is 30.3 Å². The van der Waals surface area contributed by atoms with E-state index >= 15 is 0 Å². The molecule has 4 rings (SSSR count). The summed E-state index contributed by atoms with van der Waals surface area (Å²) in [7, 11) is 0. The van der Waals surface area contributed by atoms with Gasteiger partial charge in [0.2, 0.25) is 0 Å². The first-order valence-corrected chi connectivity index (χ1v) is 9.07. The monoisotopic (exact) mass is 380 g/mol. The van der Waals surface area contributed by atoms with E-state index in [-0.39, 0.29) is 5.15 Å². The van der Waals surface area contributed by atoms with E-state index in [0.717, 1.165) is 23.8 Å². The third-order valence-corrected chi connectivity index (χ3v) is 4.80. The minimum atomic E-state index is -0.793. The smallest absolute Gasteiger partial charge is 0.268 e. The van der Waals surface area contributed by atoms with Gasteiger partial charge in [-0.25, -0.2) is 15.1 Å². The SMILES string of the molecule is O=C(NO)C(Cc1ccccc1)n1nc(C#CC2CC2)c2ccnc(Cl)c21. The number of pyridine rings is 1. The predicted octanol–water partition coefficient (Wildman–Crippen LogP) is 3.14. The van der Waals surface area contributed by atoms with Crippen LogP contribution in [0, 0.1) is 17.8 Å². The predicted molar refractivity (Wildman–Crippen MR) is 101 cm³/mol. The number of nitrogens with zero attached hydrogens (tertiary/aromatic N) is 3. The van der Waals surface area contributed by atoms with Gasteiger partial charge in [0.15, 0.2) is 5.15 Å². The maximum atomic E-state index is 12.4. The largest absolute Gasteiger partial charge is 0.289 e. The summed E-state index contributed by atoms with van der Waals surface area (Å²) in [4.78, 5) is 16.6. The van der Waals surface area contributed by atoms with Crippen molar-refractivity contribution < 1.29 is 10.0 Å². The lowest BCUT2D eigenvalue weighted by Crippen LogP contribution is -2.32. The van der Waals surface area contributed by atoms with Gasteiger partial charge in [0, 0.05) is 23.9 Å². The highest BCUT2D eigenvalue weighted by molar-refractivity contribution is 6.34. The van der Waals surface area contributed by atoms with Gasteiger partial charge in [0.25, 0.3) is 5.91 Å². The standard InChI is InChI=1S/C20H17ClN4O2/c21-19-18-15(10-11-22-19)16(9-8-13-6-7-13)23-25(18)17(20(26)24-27)12-14-4-2-1-3-5-14/h1-5,10-11,13,17,27H,6-7,12H2,(H,24,26). The lowest BCUT2D eigenvalue weighted by molar-refractivity contribution is -0.132. The number of hydroxylamine groups is 1. The molecule has 1 amide bonds. The number of nitrogens with one attached hydrogen (secondary N) is 1. The molecule has 7 heteroatoms. The maximum absolute atomic E-state index is 12.4. The van der Waals surface area contributed by atoms with Gasteiger partial charge in [0.1, 0.15) is 17.3 Å². The zero-order valence-corrected chi connectivity index (χ0v) is 15.1. The highest BCUT2D eigenvalue weighted by Crippen LogP contribution is 2.30. The summed E-state index contributed by atoms with van der Waals surface area (Å²) in [6.07, 6.45) is 4.15. The van der Waals surface area contributed by atoms with Crippen molar-refractivity contribution in [3.8, 4) is 11.8 Å². The summed E-state index contributed by atoms with van der Waals surface area (Å²) in [6.45, 7) is 0. The molecule has 1 aromatic carbocycles. The Labute approximate surface area is 161 Å². The molecule has 6 nitrogen and oxygen atoms in total. The lowest BCUT2D eigenvalue weighted by atomic mass is 10.1. The van der Waals surface area contributed by atoms with Crippen LogP contribution in [0.2, 0.25) is 5.15 Å². The van der Waals surface area contributed by atoms with Crippen molar-refractivity contribution in [3.63, 3.8) is 0 Å². The van der Waals surface area contributed by atoms with E-state index in [9.17, 15) is 10.0 Å². The van der Waals surface area contributed by atoms with E-state index in [4.69, 9.17) is 11.6 Å². The van der Waals surface area contributed by atoms with Gasteiger partial charge in [0.05, 0.1) is 0 Å². The van der Waals surface area contributed by atoms with Crippen LogP contribution in [0.15, 0.2) is 42.6 Å². The second kappa shape index (κ2) is 7.39. The van der Waals surface area contributed by atoms with Gasteiger partial charge >= 0.3 is 0 Å². The molecule has 27 heavy (non-hydrogen) atoms. The molecular weight excluding hydrogens is 364 g/mol. The van der Waals surface area contributed by atoms with Gasteiger partial charge in [-0.05, 0) is 30.4 Å². The molecule has 1 aliphatic carbocycles. The van der Waals surface area contributed by atoms with Crippen LogP contribution in [0.25, 0.3) is 10.9 Å². The highest BCUT2D eigenvalue weighted by Gasteiger charge is 2.26. The number of carbonyl (C=O) groups is 1. The molecule has 136 valence electrons. The summed E-state index contributed by atoms with van der Waals surface area (Å²) in [5.74, 6) is 6.14. The topological polar surface area (TPSA) is 80.0 Å². The molecule has 2 heterocycles. The molecule has 3 aromatic rings. The average Bonchev–Trinajstić information content (AvgIpc) is 3.45. The summed E-state index contributed by atoms with van der Waals surface area (Å²) in [6, 6.07) is 10.5. The molecule has 1 fully saturated rings. The minimum Gasteiger partial charge on any atom is -0.289 e. The number of carbonyl (C=O) groups excluding carboxylic acids is 1. The van der Waals surface area contributed by atoms with Crippen molar-refractivity contribution in [2.45, 2.75) is 25.3 Å². The first kappa shape index (κ1) is 17.5. The van der Waals surface area contributed by atoms with Gasteiger partial charge in [-0.1, -0.05) is 47.9 Å². The molecule has 1 aliphatic rings. The number of aromatic nitrogens is 3. The average molecular weight is 381 g/mol. The Kier molecular flexibility index (Phi) is 4.80. The number of hydrogen-bond acceptors (Lipinski definition) is 4. The Bertz CT molecular complexity index is 1050. The number of rotatable bonds is 4. The van der Waals surface area contributed by atoms with Crippen molar-refractivity contribution in [1.82, 2.24) is 20.2 Å². The van der Waals surface area contributed by atoms with Crippen LogP contribution >= 0.6 is 11.6 Å². The molecule has 1 saturated carbocycles. The summed E-state index contributed by atoms with van der Waals surface area (Å²) < 4.78 is 1.51. The minimum absolute atomic E-state index is 0.239. The van der Waals surface area contributed by atoms with Gasteiger partial charge in [-0.15, -0.1) is 0 Å². The molecule has 0 bridgehead atoms. The van der Waals surface area contributed by atoms with Crippen molar-refractivity contribution in [2.75, 3.05) is 0 Å². The Morgan fingerprint density at radius 1 is 1.33 bits per heavy atom. The summed E-state index contributed by atoms with van der Waals surface area (Å²) in [5.41, 5.74) is 3.76. The first-order valence-electron chi connectivity index (χ1n) is 8.69. The number of hydrogen-bond donors (Lipinski definition) is 2. The fourth-order valence-corrected chi connectivity index (χ4v) is 3.21. The molecule has 0 saturated heterocycles. The van der Waals surface area contributed by atoms with Crippen molar-refractivity contribution in [2.24, 2.45) is 5.92 Å². The van der Waals surface area contributed by atoms with Crippen LogP contribution in [-0.2, 0) is 11.2 Å². The number of halogens is 1. The van der Waals surface area contributed by atoms with Crippen LogP contribution in [0.1, 0.15) is 30.1 Å². The Hall–Kier alpha value is -2.88. The number of fused-ring (bicyclic) bond motifs is 1. The van der Waals surface area contributed by atoms with Gasteiger partial charge < -0.3 is 0 Å². The lowest BCUT2D eigenvalue weighted by Gasteiger charge is -2.17. The van der Waals surface area contributed by atoms with E-state index in [1.54, 1.807) is 17.7 Å². The Morgan fingerprint density at radius 2 is 2.11 bits per heavy atom. The molecule has 1 unspecified atom stereocenters. The van der Waals surface area contributed by atoms with Crippen LogP contribution < -0.4 is 5.48 Å². The Morgan fingerprint density at radius 3 is 2.81 bits per heavy atom. The van der Waals surface area contributed by atoms with E-state index in [2.05, 4.69) is 21.9 Å². The fourth-order valence-electron chi connectivity index (χ4n) is 2.97. The van der Waals surface area contributed by atoms with Gasteiger partial charge in [-0.3, -0.25) is 10.0 Å². The van der Waals surface area contributed by atoms with Crippen LogP contribution in [0.5, 0.6) is 0 Å². The molecule has 0 spiro atoms. The van der Waals surface area contributed by atoms with Crippen LogP contribution in [0.4, 0.5) is 0 Å². The molecule has 2 aromatic heterocycles. The van der Waals surface area contributed by atoms with Gasteiger partial charge in [-0.2, -0.15) is 5.10 Å². The van der Waals surface area contributed by atoms with Crippen molar-refractivity contribution in [3.05, 3.63) is 59.0 Å². The maximum Gasteiger partial charge on any atom is 0.268 e. The summed E-state index contributed by atoms with van der Waals surface area (Å²) in [5, 5.41) is 14.8. The van der Waals surface area contributed by atoms with Crippen LogP contribution in [0.3, 0.4) is 0 Å². The number of benzene rings is 1. The molecule has 2 N–H and O–H groups in total. The number of amides is 1. The fraction of sp³-hybridized carbons (Fsp3) is 0.250. The normalized spacial score (nSPS) is 14.4. The molecular formula is C20H17ClN4O2. The first-order chi connectivity index (χ1) is 13.2. The van der Waals surface area contributed by atoms with E-state index < -0.39 is 11.9 Å². The highest BCUT2D eigenvalue weighted by atomic mass is 35.5. The summed E-state index contributed by atoms with van der Waals surface area (Å²) >= 11 is 6.33. The molecule has 0 aliphatic heterocycles. The third kappa shape index (κ3) is 3.65. The van der Waals surface area contributed by atoms with E-state index in [1.165, 1.54) is 4.68 Å². The second-order valence-corrected chi connectivity index (χ2v) is 6.87. The molecule has 0 radical (unpaired) electrons. The zero-order chi connectivity index (χ0) is 18.8. The second-order valence-electron chi connectivity index (χ2n) is 6.52. The quantitative estimate of drug-likeness (QED) is 0.315. The third-order valence-electron chi connectivity index (χ3n) is 4.52. The van der Waals surface area contributed by atoms with Crippen molar-refractivity contribution >= 4 is 28.4 Å². The zero-order valence-electron chi connectivity index (χ0n) is 14.4. The Balaban J connectivity index is 1.84. The molecule has 1 atom stereocenters. The van der Waals surface area contributed by atoms with Crippen LogP contribution in [-0.4, -0.2) is 25.9 Å². The van der Waals surface area contributed by atoms with Crippen molar-refractivity contribution in [1.29, 1.82) is 0 Å². The van der Waals surface area contributed by atoms with E-state index in [0.29, 0.717) is 23.5 Å².